The summed E-state index contributed by atoms with van der Waals surface area (Å²) in [5.41, 5.74) is -0.161. The van der Waals surface area contributed by atoms with Crippen LogP contribution in [-0.4, -0.2) is 57.7 Å². The molecule has 3 unspecified atom stereocenters. The van der Waals surface area contributed by atoms with E-state index in [0.717, 1.165) is 18.5 Å². The Hall–Kier alpha value is -1.76. The molecular weight excluding hydrogens is 294 g/mol. The molecule has 3 rings (SSSR count). The predicted octanol–water partition coefficient (Wildman–Crippen LogP) is 0.867. The van der Waals surface area contributed by atoms with Crippen LogP contribution in [0.2, 0.25) is 0 Å². The zero-order valence-electron chi connectivity index (χ0n) is 13.6. The molecule has 1 aromatic heterocycles. The summed E-state index contributed by atoms with van der Waals surface area (Å²) in [5.74, 6) is 0. The predicted molar refractivity (Wildman–Crippen MR) is 88.5 cm³/mol. The Labute approximate surface area is 135 Å². The number of ether oxygens (including phenoxy) is 1. The molecule has 6 heteroatoms. The molecule has 1 aromatic carbocycles. The molecule has 0 saturated carbocycles. The summed E-state index contributed by atoms with van der Waals surface area (Å²) in [7, 11) is 0. The van der Waals surface area contributed by atoms with Gasteiger partial charge in [0.25, 0.3) is 5.56 Å². The largest absolute Gasteiger partial charge is 0.390 e. The van der Waals surface area contributed by atoms with Crippen LogP contribution in [0.15, 0.2) is 35.3 Å². The van der Waals surface area contributed by atoms with Crippen molar-refractivity contribution in [1.29, 1.82) is 0 Å². The second kappa shape index (κ2) is 6.78. The van der Waals surface area contributed by atoms with Gasteiger partial charge in [0.2, 0.25) is 0 Å². The molecule has 0 amide bonds. The molecule has 1 fully saturated rings. The van der Waals surface area contributed by atoms with E-state index in [-0.39, 0.29) is 24.3 Å². The smallest absolute Gasteiger partial charge is 0.274 e. The molecule has 0 radical (unpaired) electrons. The first kappa shape index (κ1) is 16.1. The Morgan fingerprint density at radius 1 is 1.26 bits per heavy atom. The maximum Gasteiger partial charge on any atom is 0.274 e. The van der Waals surface area contributed by atoms with Crippen molar-refractivity contribution < 1.29 is 9.84 Å². The molecule has 0 aliphatic carbocycles. The molecule has 23 heavy (non-hydrogen) atoms. The summed E-state index contributed by atoms with van der Waals surface area (Å²) in [6.45, 7) is 6.36. The monoisotopic (exact) mass is 317 g/mol. The summed E-state index contributed by atoms with van der Waals surface area (Å²) in [4.78, 5) is 14.6. The number of aromatic nitrogens is 2. The summed E-state index contributed by atoms with van der Waals surface area (Å²) < 4.78 is 7.04. The fourth-order valence-electron chi connectivity index (χ4n) is 3.25. The summed E-state index contributed by atoms with van der Waals surface area (Å²) >= 11 is 0. The second-order valence-electron chi connectivity index (χ2n) is 6.35. The molecule has 6 nitrogen and oxygen atoms in total. The van der Waals surface area contributed by atoms with Crippen molar-refractivity contribution in [1.82, 2.24) is 14.7 Å². The van der Waals surface area contributed by atoms with E-state index < -0.39 is 6.10 Å². The van der Waals surface area contributed by atoms with Crippen molar-refractivity contribution in [2.24, 2.45) is 0 Å². The van der Waals surface area contributed by atoms with Crippen LogP contribution >= 0.6 is 0 Å². The number of aliphatic hydroxyl groups excluding tert-OH is 1. The zero-order valence-corrected chi connectivity index (χ0v) is 13.6. The highest BCUT2D eigenvalue weighted by atomic mass is 16.5. The van der Waals surface area contributed by atoms with Crippen molar-refractivity contribution in [3.05, 3.63) is 40.8 Å². The molecule has 124 valence electrons. The maximum atomic E-state index is 12.4. The lowest BCUT2D eigenvalue weighted by Gasteiger charge is -2.36. The molecule has 0 spiro atoms. The molecule has 2 heterocycles. The van der Waals surface area contributed by atoms with Crippen molar-refractivity contribution in [2.45, 2.75) is 38.7 Å². The van der Waals surface area contributed by atoms with Gasteiger partial charge in [0.15, 0.2) is 0 Å². The first-order chi connectivity index (χ1) is 11.0. The molecule has 0 bridgehead atoms. The highest BCUT2D eigenvalue weighted by Gasteiger charge is 2.24. The topological polar surface area (TPSA) is 67.6 Å². The fourth-order valence-corrected chi connectivity index (χ4v) is 3.25. The van der Waals surface area contributed by atoms with Crippen LogP contribution in [0, 0.1) is 0 Å². The minimum Gasteiger partial charge on any atom is -0.390 e. The van der Waals surface area contributed by atoms with Crippen LogP contribution in [0.1, 0.15) is 13.8 Å². The van der Waals surface area contributed by atoms with Gasteiger partial charge in [0.05, 0.1) is 36.4 Å². The van der Waals surface area contributed by atoms with Gasteiger partial charge in [-0.1, -0.05) is 18.2 Å². The number of β-amino-alcohol motifs (C(OH)–C–C–N with tert-alkyl or cyclic N) is 1. The quantitative estimate of drug-likeness (QED) is 0.906. The fraction of sp³-hybridized carbons (Fsp3) is 0.529. The summed E-state index contributed by atoms with van der Waals surface area (Å²) in [6.07, 6.45) is 1.35. The van der Waals surface area contributed by atoms with E-state index >= 15 is 0 Å². The van der Waals surface area contributed by atoms with Crippen LogP contribution in [0.5, 0.6) is 0 Å². The van der Waals surface area contributed by atoms with Crippen LogP contribution in [-0.2, 0) is 11.3 Å². The van der Waals surface area contributed by atoms with Gasteiger partial charge >= 0.3 is 0 Å². The number of fused-ring (bicyclic) bond motifs is 1. The van der Waals surface area contributed by atoms with Gasteiger partial charge in [-0.15, -0.1) is 0 Å². The standard InChI is InChI=1S/C17H23N3O3/c1-12-8-19(9-13(2)23-12)10-15(21)11-20-17(22)16-6-4-3-5-14(16)7-18-20/h3-7,12-13,15,21H,8-11H2,1-2H3. The van der Waals surface area contributed by atoms with Crippen molar-refractivity contribution >= 4 is 10.8 Å². The van der Waals surface area contributed by atoms with E-state index in [9.17, 15) is 9.90 Å². The van der Waals surface area contributed by atoms with E-state index in [2.05, 4.69) is 10.00 Å². The first-order valence-electron chi connectivity index (χ1n) is 8.03. The zero-order chi connectivity index (χ0) is 16.4. The molecule has 3 atom stereocenters. The highest BCUT2D eigenvalue weighted by Crippen LogP contribution is 2.11. The van der Waals surface area contributed by atoms with Crippen LogP contribution in [0.4, 0.5) is 0 Å². The number of nitrogens with zero attached hydrogens (tertiary/aromatic N) is 3. The number of benzene rings is 1. The van der Waals surface area contributed by atoms with Crippen molar-refractivity contribution in [3.8, 4) is 0 Å². The Kier molecular flexibility index (Phi) is 4.75. The van der Waals surface area contributed by atoms with Gasteiger partial charge in [-0.2, -0.15) is 5.10 Å². The highest BCUT2D eigenvalue weighted by molar-refractivity contribution is 5.80. The van der Waals surface area contributed by atoms with Gasteiger partial charge < -0.3 is 9.84 Å². The molecule has 1 N–H and O–H groups in total. The number of aliphatic hydroxyl groups is 1. The number of rotatable bonds is 4. The second-order valence-corrected chi connectivity index (χ2v) is 6.35. The van der Waals surface area contributed by atoms with Gasteiger partial charge in [0, 0.05) is 25.0 Å². The lowest BCUT2D eigenvalue weighted by Crippen LogP contribution is -2.48. The number of morpholine rings is 1. The van der Waals surface area contributed by atoms with Crippen LogP contribution < -0.4 is 5.56 Å². The molecule has 1 saturated heterocycles. The minimum absolute atomic E-state index is 0.160. The van der Waals surface area contributed by atoms with E-state index in [0.29, 0.717) is 11.9 Å². The Morgan fingerprint density at radius 3 is 2.70 bits per heavy atom. The average Bonchev–Trinajstić information content (AvgIpc) is 2.49. The van der Waals surface area contributed by atoms with Crippen LogP contribution in [0.3, 0.4) is 0 Å². The van der Waals surface area contributed by atoms with Crippen molar-refractivity contribution in [3.63, 3.8) is 0 Å². The van der Waals surface area contributed by atoms with E-state index in [1.807, 2.05) is 32.0 Å². The van der Waals surface area contributed by atoms with Crippen molar-refractivity contribution in [2.75, 3.05) is 19.6 Å². The maximum absolute atomic E-state index is 12.4. The molecule has 1 aliphatic rings. The van der Waals surface area contributed by atoms with E-state index in [1.54, 1.807) is 12.3 Å². The Balaban J connectivity index is 1.69. The summed E-state index contributed by atoms with van der Waals surface area (Å²) in [5, 5.41) is 16.0. The van der Waals surface area contributed by atoms with E-state index in [1.165, 1.54) is 4.68 Å². The average molecular weight is 317 g/mol. The first-order valence-corrected chi connectivity index (χ1v) is 8.03. The van der Waals surface area contributed by atoms with Crippen LogP contribution in [0.25, 0.3) is 10.8 Å². The molecular formula is C17H23N3O3. The van der Waals surface area contributed by atoms with Gasteiger partial charge in [-0.25, -0.2) is 4.68 Å². The summed E-state index contributed by atoms with van der Waals surface area (Å²) in [6, 6.07) is 7.36. The third-order valence-electron chi connectivity index (χ3n) is 4.11. The molecule has 2 aromatic rings. The van der Waals surface area contributed by atoms with Gasteiger partial charge in [-0.05, 0) is 19.9 Å². The van der Waals surface area contributed by atoms with Gasteiger partial charge in [-0.3, -0.25) is 9.69 Å². The lowest BCUT2D eigenvalue weighted by atomic mass is 10.2. The Bertz CT molecular complexity index is 720. The normalized spacial score (nSPS) is 24.0. The number of hydrogen-bond acceptors (Lipinski definition) is 5. The molecule has 1 aliphatic heterocycles. The Morgan fingerprint density at radius 2 is 1.96 bits per heavy atom. The minimum atomic E-state index is -0.640. The van der Waals surface area contributed by atoms with Gasteiger partial charge in [0.1, 0.15) is 0 Å². The third-order valence-corrected chi connectivity index (χ3v) is 4.11. The number of hydrogen-bond donors (Lipinski definition) is 1. The SMILES string of the molecule is CC1CN(CC(O)Cn2ncc3ccccc3c2=O)CC(C)O1. The van der Waals surface area contributed by atoms with E-state index in [4.69, 9.17) is 4.74 Å². The third kappa shape index (κ3) is 3.77. The lowest BCUT2D eigenvalue weighted by molar-refractivity contribution is -0.0774.